The summed E-state index contributed by atoms with van der Waals surface area (Å²) in [6.45, 7) is 13.4. The number of hydrogen-bond donors (Lipinski definition) is 3. The highest BCUT2D eigenvalue weighted by molar-refractivity contribution is 6.51. The van der Waals surface area contributed by atoms with Crippen LogP contribution in [0.25, 0.3) is 0 Å². The number of rotatable bonds is 12. The Morgan fingerprint density at radius 1 is 0.920 bits per heavy atom. The van der Waals surface area contributed by atoms with Crippen LogP contribution < -0.4 is 16.0 Å². The number of carbonyl (C=O) groups excluding carboxylic acids is 6. The van der Waals surface area contributed by atoms with E-state index in [1.54, 1.807) is 55.4 Å². The summed E-state index contributed by atoms with van der Waals surface area (Å²) >= 11 is 13.1. The lowest BCUT2D eigenvalue weighted by atomic mass is 9.80. The number of nitrogens with zero attached hydrogens (tertiary/aromatic N) is 1. The van der Waals surface area contributed by atoms with Crippen LogP contribution in [0.2, 0.25) is 0 Å². The maximum atomic E-state index is 14.1. The molecule has 1 aromatic carbocycles. The first-order valence-electron chi connectivity index (χ1n) is 17.1. The van der Waals surface area contributed by atoms with Gasteiger partial charge in [0.05, 0.1) is 6.04 Å². The minimum Gasteiger partial charge on any atom is -0.453 e. The molecule has 4 amide bonds. The molecule has 3 aliphatic rings. The number of piperidine rings is 1. The monoisotopic (exact) mass is 736 g/mol. The number of hydrogen-bond acceptors (Lipinski definition) is 8. The zero-order valence-electron chi connectivity index (χ0n) is 30.1. The fraction of sp³-hybridized carbons (Fsp3) is 0.667. The molecule has 12 nitrogen and oxygen atoms in total. The van der Waals surface area contributed by atoms with E-state index in [9.17, 15) is 28.8 Å². The molecule has 4 rings (SSSR count). The van der Waals surface area contributed by atoms with Crippen LogP contribution in [0.4, 0.5) is 4.79 Å². The van der Waals surface area contributed by atoms with E-state index in [-0.39, 0.29) is 18.9 Å². The Balaban J connectivity index is 1.47. The summed E-state index contributed by atoms with van der Waals surface area (Å²) in [6, 6.07) is 5.63. The van der Waals surface area contributed by atoms with Crippen molar-refractivity contribution in [3.63, 3.8) is 0 Å². The third-order valence-electron chi connectivity index (χ3n) is 9.54. The summed E-state index contributed by atoms with van der Waals surface area (Å²) in [5.41, 5.74) is -1.81. The van der Waals surface area contributed by atoms with Gasteiger partial charge in [-0.25, -0.2) is 4.79 Å². The number of ketones is 1. The number of nitrogens with one attached hydrogen (secondary N) is 3. The maximum absolute atomic E-state index is 14.1. The van der Waals surface area contributed by atoms with Crippen molar-refractivity contribution in [1.29, 1.82) is 0 Å². The number of alkyl halides is 2. The molecule has 14 heteroatoms. The van der Waals surface area contributed by atoms with Crippen LogP contribution in [0, 0.1) is 23.2 Å². The van der Waals surface area contributed by atoms with E-state index in [1.165, 1.54) is 4.90 Å². The Morgan fingerprint density at radius 2 is 1.54 bits per heavy atom. The van der Waals surface area contributed by atoms with Crippen LogP contribution >= 0.6 is 23.2 Å². The maximum Gasteiger partial charge on any atom is 0.408 e. The molecule has 50 heavy (non-hydrogen) atoms. The molecule has 276 valence electrons. The highest BCUT2D eigenvalue weighted by atomic mass is 35.5. The summed E-state index contributed by atoms with van der Waals surface area (Å²) in [5.74, 6) is -4.88. The second-order valence-electron chi connectivity index (χ2n) is 16.2. The van der Waals surface area contributed by atoms with E-state index in [4.69, 9.17) is 32.7 Å². The van der Waals surface area contributed by atoms with Gasteiger partial charge in [-0.15, -0.1) is 23.2 Å². The number of esters is 1. The minimum atomic E-state index is -1.27. The van der Waals surface area contributed by atoms with Gasteiger partial charge in [-0.05, 0) is 57.9 Å². The van der Waals surface area contributed by atoms with Crippen LogP contribution in [0.15, 0.2) is 30.3 Å². The molecule has 1 aromatic rings. The SMILES string of the molecule is CC(C)(C)OC(=O)N[C@H](C(=O)N1C[C@H]2[C@@H]([C@H]1C(=O)NC(CC1CCC1)C(=O)C(=O)NCC(=O)OC(C)(C)c1ccccc1)C2(Cl)Cl)C(C)(C)C. The quantitative estimate of drug-likeness (QED) is 0.162. The van der Waals surface area contributed by atoms with E-state index in [0.29, 0.717) is 0 Å². The number of amides is 4. The number of carbonyl (C=O) groups is 6. The van der Waals surface area contributed by atoms with Gasteiger partial charge in [0.25, 0.3) is 5.91 Å². The van der Waals surface area contributed by atoms with Crippen LogP contribution in [0.5, 0.6) is 0 Å². The highest BCUT2D eigenvalue weighted by Gasteiger charge is 2.74. The standard InChI is InChI=1S/C36H50Cl2N4O8/c1-33(2,3)28(41-32(48)50-34(4,5)6)31(47)42-19-22-25(36(22,37)38)26(42)29(45)40-23(17-20-13-12-14-20)27(44)30(46)39-18-24(43)49-35(7,8)21-15-10-9-11-16-21/h9-11,15-16,20,22-23,25-26,28H,12-14,17-19H2,1-8H3,(H,39,46)(H,40,45)(H,41,48)/t22-,23?,25-,26-,28+/m0/s1. The molecule has 0 radical (unpaired) electrons. The molecule has 0 aromatic heterocycles. The van der Waals surface area contributed by atoms with Gasteiger partial charge in [0.1, 0.15) is 34.2 Å². The minimum absolute atomic E-state index is 0.0559. The number of fused-ring (bicyclic) bond motifs is 1. The summed E-state index contributed by atoms with van der Waals surface area (Å²) < 4.78 is 9.70. The van der Waals surface area contributed by atoms with Gasteiger partial charge in [0.15, 0.2) is 0 Å². The largest absolute Gasteiger partial charge is 0.453 e. The van der Waals surface area contributed by atoms with E-state index < -0.39 is 93.0 Å². The Bertz CT molecular complexity index is 1480. The first-order chi connectivity index (χ1) is 23.0. The van der Waals surface area contributed by atoms with E-state index >= 15 is 0 Å². The van der Waals surface area contributed by atoms with Gasteiger partial charge in [0, 0.05) is 18.4 Å². The number of Topliss-reactive ketones (excluding diaryl/α,β-unsaturated/α-hetero) is 1. The molecule has 1 saturated heterocycles. The van der Waals surface area contributed by atoms with Crippen molar-refractivity contribution < 1.29 is 38.2 Å². The lowest BCUT2D eigenvalue weighted by molar-refractivity contribution is -0.157. The third kappa shape index (κ3) is 9.29. The molecule has 1 heterocycles. The zero-order valence-corrected chi connectivity index (χ0v) is 31.6. The molecule has 3 N–H and O–H groups in total. The molecular weight excluding hydrogens is 687 g/mol. The fourth-order valence-electron chi connectivity index (χ4n) is 6.54. The average Bonchev–Trinajstić information content (AvgIpc) is 3.29. The highest BCUT2D eigenvalue weighted by Crippen LogP contribution is 2.65. The van der Waals surface area contributed by atoms with Crippen molar-refractivity contribution in [3.8, 4) is 0 Å². The predicted octanol–water partition coefficient (Wildman–Crippen LogP) is 4.40. The smallest absolute Gasteiger partial charge is 0.408 e. The topological polar surface area (TPSA) is 160 Å². The van der Waals surface area contributed by atoms with Gasteiger partial charge in [-0.1, -0.05) is 70.4 Å². The molecular formula is C36H50Cl2N4O8. The Labute approximate surface area is 304 Å². The Hall–Kier alpha value is -3.38. The number of ether oxygens (including phenoxy) is 2. The molecule has 3 fully saturated rings. The van der Waals surface area contributed by atoms with E-state index in [0.717, 1.165) is 24.8 Å². The van der Waals surface area contributed by atoms with Crippen molar-refractivity contribution in [3.05, 3.63) is 35.9 Å². The van der Waals surface area contributed by atoms with Gasteiger partial charge < -0.3 is 30.3 Å². The first-order valence-corrected chi connectivity index (χ1v) is 17.9. The van der Waals surface area contributed by atoms with Crippen LogP contribution in [0.3, 0.4) is 0 Å². The van der Waals surface area contributed by atoms with Crippen molar-refractivity contribution in [2.75, 3.05) is 13.1 Å². The van der Waals surface area contributed by atoms with Crippen LogP contribution in [0.1, 0.15) is 86.6 Å². The molecule has 0 spiro atoms. The van der Waals surface area contributed by atoms with Gasteiger partial charge in [-0.3, -0.25) is 24.0 Å². The van der Waals surface area contributed by atoms with Gasteiger partial charge in [-0.2, -0.15) is 0 Å². The number of alkyl carbamates (subject to hydrolysis) is 1. The van der Waals surface area contributed by atoms with E-state index in [2.05, 4.69) is 16.0 Å². The number of halogens is 2. The molecule has 5 atom stereocenters. The normalized spacial score (nSPS) is 22.6. The second-order valence-corrected chi connectivity index (χ2v) is 17.6. The predicted molar refractivity (Wildman–Crippen MR) is 187 cm³/mol. The summed E-state index contributed by atoms with van der Waals surface area (Å²) in [7, 11) is 0. The van der Waals surface area contributed by atoms with Crippen molar-refractivity contribution in [1.82, 2.24) is 20.9 Å². The Kier molecular flexibility index (Phi) is 11.6. The molecule has 1 aliphatic heterocycles. The third-order valence-corrected chi connectivity index (χ3v) is 10.6. The van der Waals surface area contributed by atoms with Gasteiger partial charge >= 0.3 is 12.1 Å². The first kappa shape index (κ1) is 39.4. The molecule has 0 bridgehead atoms. The molecule has 1 unspecified atom stereocenters. The Morgan fingerprint density at radius 3 is 2.08 bits per heavy atom. The average molecular weight is 738 g/mol. The summed E-state index contributed by atoms with van der Waals surface area (Å²) in [4.78, 5) is 81.5. The van der Waals surface area contributed by atoms with Crippen molar-refractivity contribution >= 4 is 58.8 Å². The lowest BCUT2D eigenvalue weighted by Crippen LogP contribution is -2.61. The van der Waals surface area contributed by atoms with Crippen molar-refractivity contribution in [2.24, 2.45) is 23.2 Å². The molecule has 2 saturated carbocycles. The number of benzene rings is 1. The van der Waals surface area contributed by atoms with Gasteiger partial charge in [0.2, 0.25) is 17.6 Å². The lowest BCUT2D eigenvalue weighted by Gasteiger charge is -2.38. The fourth-order valence-corrected chi connectivity index (χ4v) is 7.37. The summed E-state index contributed by atoms with van der Waals surface area (Å²) in [5, 5.41) is 7.73. The van der Waals surface area contributed by atoms with Crippen molar-refractivity contribution in [2.45, 2.75) is 115 Å². The number of likely N-dealkylation sites (tertiary alicyclic amines) is 1. The van der Waals surface area contributed by atoms with Crippen LogP contribution in [-0.4, -0.2) is 81.6 Å². The molecule has 2 aliphatic carbocycles. The summed E-state index contributed by atoms with van der Waals surface area (Å²) in [6.07, 6.45) is 2.04. The zero-order chi connectivity index (χ0) is 37.4. The van der Waals surface area contributed by atoms with E-state index in [1.807, 2.05) is 30.3 Å². The second kappa shape index (κ2) is 14.7. The van der Waals surface area contributed by atoms with Crippen LogP contribution in [-0.2, 0) is 39.0 Å².